The van der Waals surface area contributed by atoms with Crippen LogP contribution in [-0.2, 0) is 4.74 Å². The van der Waals surface area contributed by atoms with E-state index in [4.69, 9.17) is 22.1 Å². The molecule has 5 heteroatoms. The number of amides is 1. The van der Waals surface area contributed by atoms with Gasteiger partial charge in [-0.3, -0.25) is 0 Å². The van der Waals surface area contributed by atoms with Gasteiger partial charge in [-0.2, -0.15) is 0 Å². The summed E-state index contributed by atoms with van der Waals surface area (Å²) in [7, 11) is 0. The van der Waals surface area contributed by atoms with Gasteiger partial charge < -0.3 is 15.8 Å². The highest BCUT2D eigenvalue weighted by Crippen LogP contribution is 2.19. The number of rotatable bonds is 4. The lowest BCUT2D eigenvalue weighted by Gasteiger charge is -2.19. The van der Waals surface area contributed by atoms with Crippen molar-refractivity contribution >= 4 is 29.5 Å². The topological polar surface area (TPSA) is 64.3 Å². The SMILES string of the molecule is CC(C)(C)OC(=O)NCCC=Cc1cc(Cl)ccc1N. The molecule has 1 rings (SSSR count). The van der Waals surface area contributed by atoms with Crippen molar-refractivity contribution in [1.82, 2.24) is 5.32 Å². The zero-order chi connectivity index (χ0) is 15.2. The van der Waals surface area contributed by atoms with Crippen LogP contribution in [0.25, 0.3) is 6.08 Å². The van der Waals surface area contributed by atoms with Crippen LogP contribution in [0, 0.1) is 0 Å². The number of carbonyl (C=O) groups excluding carboxylic acids is 1. The Labute approximate surface area is 124 Å². The van der Waals surface area contributed by atoms with E-state index in [-0.39, 0.29) is 0 Å². The molecule has 1 aromatic carbocycles. The summed E-state index contributed by atoms with van der Waals surface area (Å²) < 4.78 is 5.13. The number of nitrogen functional groups attached to an aromatic ring is 1. The van der Waals surface area contributed by atoms with E-state index in [2.05, 4.69) is 5.32 Å². The van der Waals surface area contributed by atoms with E-state index in [1.807, 2.05) is 32.9 Å². The minimum Gasteiger partial charge on any atom is -0.444 e. The van der Waals surface area contributed by atoms with Gasteiger partial charge in [0.25, 0.3) is 0 Å². The monoisotopic (exact) mass is 296 g/mol. The van der Waals surface area contributed by atoms with Gasteiger partial charge in [-0.1, -0.05) is 23.8 Å². The third kappa shape index (κ3) is 6.48. The summed E-state index contributed by atoms with van der Waals surface area (Å²) in [4.78, 5) is 11.4. The first kappa shape index (κ1) is 16.4. The van der Waals surface area contributed by atoms with Crippen LogP contribution in [0.3, 0.4) is 0 Å². The van der Waals surface area contributed by atoms with E-state index in [1.54, 1.807) is 18.2 Å². The maximum atomic E-state index is 11.4. The quantitative estimate of drug-likeness (QED) is 0.655. The average molecular weight is 297 g/mol. The molecule has 1 amide bonds. The second-order valence-electron chi connectivity index (χ2n) is 5.39. The zero-order valence-electron chi connectivity index (χ0n) is 12.1. The van der Waals surface area contributed by atoms with Crippen molar-refractivity contribution in [2.45, 2.75) is 32.8 Å². The van der Waals surface area contributed by atoms with E-state index in [9.17, 15) is 4.79 Å². The molecule has 0 radical (unpaired) electrons. The number of halogens is 1. The number of carbonyl (C=O) groups is 1. The van der Waals surface area contributed by atoms with Gasteiger partial charge in [0.1, 0.15) is 5.60 Å². The Kier molecular flexibility index (Phi) is 5.89. The predicted octanol–water partition coefficient (Wildman–Crippen LogP) is 3.85. The van der Waals surface area contributed by atoms with Gasteiger partial charge in [0.15, 0.2) is 0 Å². The Morgan fingerprint density at radius 3 is 2.80 bits per heavy atom. The number of nitrogens with one attached hydrogen (secondary N) is 1. The third-order valence-corrected chi connectivity index (χ3v) is 2.56. The largest absolute Gasteiger partial charge is 0.444 e. The van der Waals surface area contributed by atoms with E-state index < -0.39 is 11.7 Å². The molecular weight excluding hydrogens is 276 g/mol. The molecule has 0 saturated carbocycles. The molecule has 1 aromatic rings. The summed E-state index contributed by atoms with van der Waals surface area (Å²) in [6.45, 7) is 5.99. The van der Waals surface area contributed by atoms with Gasteiger partial charge in [0.2, 0.25) is 0 Å². The Hall–Kier alpha value is -1.68. The van der Waals surface area contributed by atoms with Crippen molar-refractivity contribution in [3.63, 3.8) is 0 Å². The van der Waals surface area contributed by atoms with Crippen LogP contribution in [-0.4, -0.2) is 18.2 Å². The third-order valence-electron chi connectivity index (χ3n) is 2.33. The number of alkyl carbamates (subject to hydrolysis) is 1. The van der Waals surface area contributed by atoms with E-state index in [0.29, 0.717) is 23.7 Å². The summed E-state index contributed by atoms with van der Waals surface area (Å²) >= 11 is 5.90. The molecule has 0 aliphatic carbocycles. The van der Waals surface area contributed by atoms with Crippen molar-refractivity contribution in [3.05, 3.63) is 34.9 Å². The first-order chi connectivity index (χ1) is 9.28. The molecule has 0 aliphatic rings. The fourth-order valence-electron chi connectivity index (χ4n) is 1.47. The molecule has 0 spiro atoms. The Morgan fingerprint density at radius 2 is 2.15 bits per heavy atom. The smallest absolute Gasteiger partial charge is 0.407 e. The first-order valence-electron chi connectivity index (χ1n) is 6.46. The van der Waals surface area contributed by atoms with Crippen LogP contribution in [0.1, 0.15) is 32.8 Å². The molecule has 20 heavy (non-hydrogen) atoms. The van der Waals surface area contributed by atoms with Gasteiger partial charge in [0.05, 0.1) is 0 Å². The average Bonchev–Trinajstić information content (AvgIpc) is 2.30. The maximum Gasteiger partial charge on any atom is 0.407 e. The standard InChI is InChI=1S/C15H21ClN2O2/c1-15(2,3)20-14(19)18-9-5-4-6-11-10-12(16)7-8-13(11)17/h4,6-8,10H,5,9,17H2,1-3H3,(H,18,19). The van der Waals surface area contributed by atoms with Crippen LogP contribution >= 0.6 is 11.6 Å². The molecule has 0 saturated heterocycles. The van der Waals surface area contributed by atoms with E-state index >= 15 is 0 Å². The van der Waals surface area contributed by atoms with Crippen molar-refractivity contribution < 1.29 is 9.53 Å². The van der Waals surface area contributed by atoms with Crippen molar-refractivity contribution in [3.8, 4) is 0 Å². The second kappa shape index (κ2) is 7.20. The number of hydrogen-bond acceptors (Lipinski definition) is 3. The van der Waals surface area contributed by atoms with E-state index in [0.717, 1.165) is 5.56 Å². The van der Waals surface area contributed by atoms with Gasteiger partial charge in [0, 0.05) is 17.3 Å². The lowest BCUT2D eigenvalue weighted by atomic mass is 10.1. The molecule has 4 nitrogen and oxygen atoms in total. The van der Waals surface area contributed by atoms with Crippen molar-refractivity contribution in [2.75, 3.05) is 12.3 Å². The van der Waals surface area contributed by atoms with Crippen LogP contribution < -0.4 is 11.1 Å². The Bertz CT molecular complexity index is 493. The van der Waals surface area contributed by atoms with Gasteiger partial charge in [-0.05, 0) is 51.0 Å². The molecule has 0 aromatic heterocycles. The lowest BCUT2D eigenvalue weighted by molar-refractivity contribution is 0.0529. The predicted molar refractivity (Wildman–Crippen MR) is 83.8 cm³/mol. The summed E-state index contributed by atoms with van der Waals surface area (Å²) in [5.74, 6) is 0. The van der Waals surface area contributed by atoms with Crippen molar-refractivity contribution in [2.24, 2.45) is 0 Å². The zero-order valence-corrected chi connectivity index (χ0v) is 12.8. The normalized spacial score (nSPS) is 11.6. The molecule has 3 N–H and O–H groups in total. The lowest BCUT2D eigenvalue weighted by Crippen LogP contribution is -2.32. The summed E-state index contributed by atoms with van der Waals surface area (Å²) in [6.07, 6.45) is 4.09. The first-order valence-corrected chi connectivity index (χ1v) is 6.84. The summed E-state index contributed by atoms with van der Waals surface area (Å²) in [5, 5.41) is 3.33. The molecule has 0 bridgehead atoms. The van der Waals surface area contributed by atoms with Crippen LogP contribution in [0.15, 0.2) is 24.3 Å². The molecule has 0 heterocycles. The highest BCUT2D eigenvalue weighted by molar-refractivity contribution is 6.30. The summed E-state index contributed by atoms with van der Waals surface area (Å²) in [6, 6.07) is 5.31. The Balaban J connectivity index is 2.36. The van der Waals surface area contributed by atoms with Gasteiger partial charge in [-0.25, -0.2) is 4.79 Å². The maximum absolute atomic E-state index is 11.4. The highest BCUT2D eigenvalue weighted by atomic mass is 35.5. The van der Waals surface area contributed by atoms with Crippen LogP contribution in [0.2, 0.25) is 5.02 Å². The molecule has 0 fully saturated rings. The minimum atomic E-state index is -0.477. The second-order valence-corrected chi connectivity index (χ2v) is 5.83. The number of nitrogens with two attached hydrogens (primary N) is 1. The fourth-order valence-corrected chi connectivity index (χ4v) is 1.65. The van der Waals surface area contributed by atoms with Gasteiger partial charge >= 0.3 is 6.09 Å². The summed E-state index contributed by atoms with van der Waals surface area (Å²) in [5.41, 5.74) is 6.89. The van der Waals surface area contributed by atoms with Crippen LogP contribution in [0.4, 0.5) is 10.5 Å². The number of benzene rings is 1. The molecule has 0 atom stereocenters. The number of anilines is 1. The van der Waals surface area contributed by atoms with Crippen LogP contribution in [0.5, 0.6) is 0 Å². The van der Waals surface area contributed by atoms with Gasteiger partial charge in [-0.15, -0.1) is 0 Å². The molecule has 110 valence electrons. The number of ether oxygens (including phenoxy) is 1. The van der Waals surface area contributed by atoms with E-state index in [1.165, 1.54) is 0 Å². The highest BCUT2D eigenvalue weighted by Gasteiger charge is 2.15. The molecule has 0 unspecified atom stereocenters. The molecule has 0 aliphatic heterocycles. The minimum absolute atomic E-state index is 0.409. The fraction of sp³-hybridized carbons (Fsp3) is 0.400. The molecular formula is C15H21ClN2O2. The number of hydrogen-bond donors (Lipinski definition) is 2. The Morgan fingerprint density at radius 1 is 1.45 bits per heavy atom. The van der Waals surface area contributed by atoms with Crippen molar-refractivity contribution in [1.29, 1.82) is 0 Å².